The summed E-state index contributed by atoms with van der Waals surface area (Å²) in [6.07, 6.45) is 0.189. The molecule has 106 valence electrons. The third-order valence-electron chi connectivity index (χ3n) is 2.56. The van der Waals surface area contributed by atoms with Crippen LogP contribution < -0.4 is 5.73 Å². The van der Waals surface area contributed by atoms with Crippen molar-refractivity contribution < 1.29 is 14.3 Å². The topological polar surface area (TPSA) is 61.5 Å². The zero-order chi connectivity index (χ0) is 14.1. The molecule has 19 heavy (non-hydrogen) atoms. The number of hydrogen-bond donors (Lipinski definition) is 1. The van der Waals surface area contributed by atoms with E-state index in [2.05, 4.69) is 13.8 Å². The summed E-state index contributed by atoms with van der Waals surface area (Å²) in [5.74, 6) is 0.201. The summed E-state index contributed by atoms with van der Waals surface area (Å²) in [6, 6.07) is 9.22. The minimum atomic E-state index is -0.315. The van der Waals surface area contributed by atoms with E-state index in [-0.39, 0.29) is 25.0 Å². The fourth-order valence-electron chi connectivity index (χ4n) is 1.59. The number of nitrogens with two attached hydrogens (primary N) is 1. The van der Waals surface area contributed by atoms with Crippen LogP contribution in [0.3, 0.4) is 0 Å². The molecule has 0 aliphatic rings. The molecule has 0 aliphatic carbocycles. The summed E-state index contributed by atoms with van der Waals surface area (Å²) in [7, 11) is 0. The number of esters is 1. The zero-order valence-electron chi connectivity index (χ0n) is 11.7. The van der Waals surface area contributed by atoms with Gasteiger partial charge in [-0.3, -0.25) is 4.79 Å². The van der Waals surface area contributed by atoms with E-state index in [1.165, 1.54) is 0 Å². The van der Waals surface area contributed by atoms with Crippen LogP contribution in [-0.2, 0) is 14.3 Å². The first-order valence-electron chi connectivity index (χ1n) is 6.63. The van der Waals surface area contributed by atoms with Gasteiger partial charge in [-0.05, 0) is 11.5 Å². The largest absolute Gasteiger partial charge is 0.463 e. The number of ether oxygens (including phenoxy) is 2. The molecule has 1 atom stereocenters. The molecule has 0 radical (unpaired) electrons. The molecule has 0 aliphatic heterocycles. The first-order valence-corrected chi connectivity index (χ1v) is 6.63. The maximum atomic E-state index is 11.6. The molecule has 0 heterocycles. The molecule has 0 saturated heterocycles. The van der Waals surface area contributed by atoms with E-state index in [9.17, 15) is 4.79 Å². The minimum Gasteiger partial charge on any atom is -0.463 e. The van der Waals surface area contributed by atoms with E-state index < -0.39 is 0 Å². The van der Waals surface area contributed by atoms with Crippen molar-refractivity contribution in [1.82, 2.24) is 0 Å². The van der Waals surface area contributed by atoms with Gasteiger partial charge in [-0.25, -0.2) is 0 Å². The number of carbonyl (C=O) groups excluding carboxylic acids is 1. The molecule has 0 aromatic heterocycles. The lowest BCUT2D eigenvalue weighted by Crippen LogP contribution is -2.19. The molecular formula is C15H23NO3. The fraction of sp³-hybridized carbons (Fsp3) is 0.533. The fourth-order valence-corrected chi connectivity index (χ4v) is 1.59. The number of rotatable bonds is 8. The molecular weight excluding hydrogens is 242 g/mol. The molecule has 0 saturated carbocycles. The lowest BCUT2D eigenvalue weighted by Gasteiger charge is -2.12. The molecule has 1 rings (SSSR count). The van der Waals surface area contributed by atoms with Crippen LogP contribution >= 0.6 is 0 Å². The average Bonchev–Trinajstić information content (AvgIpc) is 2.39. The van der Waals surface area contributed by atoms with Crippen LogP contribution in [0.5, 0.6) is 0 Å². The molecule has 4 nitrogen and oxygen atoms in total. The predicted octanol–water partition coefficient (Wildman–Crippen LogP) is 2.29. The molecule has 1 unspecified atom stereocenters. The minimum absolute atomic E-state index is 0.189. The van der Waals surface area contributed by atoms with Crippen molar-refractivity contribution in [3.8, 4) is 0 Å². The number of carbonyl (C=O) groups is 1. The van der Waals surface area contributed by atoms with E-state index in [1.54, 1.807) is 0 Å². The van der Waals surface area contributed by atoms with Crippen molar-refractivity contribution in [1.29, 1.82) is 0 Å². The Morgan fingerprint density at radius 2 is 1.89 bits per heavy atom. The Labute approximate surface area is 114 Å². The van der Waals surface area contributed by atoms with Crippen LogP contribution in [0.15, 0.2) is 30.3 Å². The van der Waals surface area contributed by atoms with Gasteiger partial charge >= 0.3 is 5.97 Å². The van der Waals surface area contributed by atoms with E-state index >= 15 is 0 Å². The van der Waals surface area contributed by atoms with Gasteiger partial charge in [0.15, 0.2) is 0 Å². The molecule has 4 heteroatoms. The Hall–Kier alpha value is -1.39. The molecule has 0 bridgehead atoms. The number of hydrogen-bond acceptors (Lipinski definition) is 4. The molecule has 2 N–H and O–H groups in total. The van der Waals surface area contributed by atoms with Gasteiger partial charge in [-0.1, -0.05) is 44.2 Å². The monoisotopic (exact) mass is 265 g/mol. The van der Waals surface area contributed by atoms with E-state index in [0.717, 1.165) is 5.56 Å². The van der Waals surface area contributed by atoms with Gasteiger partial charge in [0, 0.05) is 12.6 Å². The first kappa shape index (κ1) is 15.7. The lowest BCUT2D eigenvalue weighted by molar-refractivity contribution is -0.145. The lowest BCUT2D eigenvalue weighted by atomic mass is 10.1. The predicted molar refractivity (Wildman–Crippen MR) is 74.6 cm³/mol. The van der Waals surface area contributed by atoms with Crippen molar-refractivity contribution in [2.45, 2.75) is 26.3 Å². The maximum Gasteiger partial charge on any atom is 0.307 e. The maximum absolute atomic E-state index is 11.6. The van der Waals surface area contributed by atoms with Crippen molar-refractivity contribution in [2.75, 3.05) is 19.8 Å². The molecule has 0 fully saturated rings. The molecule has 0 amide bonds. The van der Waals surface area contributed by atoms with Crippen LogP contribution in [0.4, 0.5) is 0 Å². The van der Waals surface area contributed by atoms with Crippen molar-refractivity contribution in [3.05, 3.63) is 35.9 Å². The quantitative estimate of drug-likeness (QED) is 0.578. The Bertz CT molecular complexity index is 365. The summed E-state index contributed by atoms with van der Waals surface area (Å²) in [6.45, 7) is 5.55. The second kappa shape index (κ2) is 8.67. The summed E-state index contributed by atoms with van der Waals surface area (Å²) >= 11 is 0. The summed E-state index contributed by atoms with van der Waals surface area (Å²) < 4.78 is 10.4. The van der Waals surface area contributed by atoms with Gasteiger partial charge in [-0.15, -0.1) is 0 Å². The molecule has 0 spiro atoms. The van der Waals surface area contributed by atoms with E-state index in [4.69, 9.17) is 15.2 Å². The SMILES string of the molecule is CC(C)COCCOC(=O)CC(N)c1ccccc1. The summed E-state index contributed by atoms with van der Waals surface area (Å²) in [4.78, 5) is 11.6. The van der Waals surface area contributed by atoms with Crippen LogP contribution in [0.1, 0.15) is 31.9 Å². The second-order valence-corrected chi connectivity index (χ2v) is 4.91. The summed E-state index contributed by atoms with van der Waals surface area (Å²) in [5.41, 5.74) is 6.87. The standard InChI is InChI=1S/C15H23NO3/c1-12(2)11-18-8-9-19-15(17)10-14(16)13-6-4-3-5-7-13/h3-7,12,14H,8-11,16H2,1-2H3. The van der Waals surface area contributed by atoms with Gasteiger partial charge in [0.2, 0.25) is 0 Å². The smallest absolute Gasteiger partial charge is 0.307 e. The highest BCUT2D eigenvalue weighted by molar-refractivity contribution is 5.70. The highest BCUT2D eigenvalue weighted by atomic mass is 16.6. The number of benzene rings is 1. The van der Waals surface area contributed by atoms with Crippen LogP contribution in [0, 0.1) is 5.92 Å². The highest BCUT2D eigenvalue weighted by Gasteiger charge is 2.12. The third-order valence-corrected chi connectivity index (χ3v) is 2.56. The Morgan fingerprint density at radius 3 is 2.53 bits per heavy atom. The van der Waals surface area contributed by atoms with Crippen molar-refractivity contribution >= 4 is 5.97 Å². The average molecular weight is 265 g/mol. The van der Waals surface area contributed by atoms with E-state index in [1.807, 2.05) is 30.3 Å². The summed E-state index contributed by atoms with van der Waals surface area (Å²) in [5, 5.41) is 0. The Balaban J connectivity index is 2.17. The molecule has 1 aromatic carbocycles. The molecule has 1 aromatic rings. The second-order valence-electron chi connectivity index (χ2n) is 4.91. The van der Waals surface area contributed by atoms with Gasteiger partial charge < -0.3 is 15.2 Å². The van der Waals surface area contributed by atoms with Gasteiger partial charge in [0.25, 0.3) is 0 Å². The van der Waals surface area contributed by atoms with E-state index in [0.29, 0.717) is 19.1 Å². The highest BCUT2D eigenvalue weighted by Crippen LogP contribution is 2.13. The zero-order valence-corrected chi connectivity index (χ0v) is 11.7. The van der Waals surface area contributed by atoms with Gasteiger partial charge in [-0.2, -0.15) is 0 Å². The van der Waals surface area contributed by atoms with Crippen molar-refractivity contribution in [2.24, 2.45) is 11.7 Å². The van der Waals surface area contributed by atoms with Crippen molar-refractivity contribution in [3.63, 3.8) is 0 Å². The van der Waals surface area contributed by atoms with Gasteiger partial charge in [0.1, 0.15) is 6.61 Å². The van der Waals surface area contributed by atoms with Crippen LogP contribution in [-0.4, -0.2) is 25.8 Å². The van der Waals surface area contributed by atoms with Gasteiger partial charge in [0.05, 0.1) is 13.0 Å². The third kappa shape index (κ3) is 6.94. The van der Waals surface area contributed by atoms with Crippen LogP contribution in [0.2, 0.25) is 0 Å². The normalized spacial score (nSPS) is 12.4. The first-order chi connectivity index (χ1) is 9.09. The van der Waals surface area contributed by atoms with Crippen LogP contribution in [0.25, 0.3) is 0 Å². The Morgan fingerprint density at radius 1 is 1.21 bits per heavy atom. The Kier molecular flexibility index (Phi) is 7.15.